The van der Waals surface area contributed by atoms with Gasteiger partial charge in [0.15, 0.2) is 5.60 Å². The van der Waals surface area contributed by atoms with E-state index in [1.807, 2.05) is 39.8 Å². The van der Waals surface area contributed by atoms with Crippen molar-refractivity contribution in [2.75, 3.05) is 0 Å². The third-order valence-corrected chi connectivity index (χ3v) is 5.73. The lowest BCUT2D eigenvalue weighted by Gasteiger charge is -2.32. The molecule has 6 heteroatoms. The number of carbonyl (C=O) groups is 1. The van der Waals surface area contributed by atoms with Gasteiger partial charge in [-0.2, -0.15) is 0 Å². The van der Waals surface area contributed by atoms with Crippen LogP contribution in [0, 0.1) is 0 Å². The highest BCUT2D eigenvalue weighted by molar-refractivity contribution is 6.46. The van der Waals surface area contributed by atoms with Gasteiger partial charge in [-0.1, -0.05) is 45.0 Å². The quantitative estimate of drug-likeness (QED) is 0.587. The predicted molar refractivity (Wildman–Crippen MR) is 116 cm³/mol. The second kappa shape index (κ2) is 7.40. The molecule has 1 aliphatic heterocycles. The van der Waals surface area contributed by atoms with Crippen LogP contribution in [-0.4, -0.2) is 35.0 Å². The summed E-state index contributed by atoms with van der Waals surface area (Å²) < 4.78 is 17.7. The van der Waals surface area contributed by atoms with E-state index in [0.29, 0.717) is 5.56 Å². The van der Waals surface area contributed by atoms with Crippen LogP contribution in [0.5, 0.6) is 0 Å². The molecule has 1 saturated heterocycles. The van der Waals surface area contributed by atoms with Gasteiger partial charge >= 0.3 is 13.1 Å². The Kier molecular flexibility index (Phi) is 6.10. The Morgan fingerprint density at radius 1 is 0.931 bits per heavy atom. The fourth-order valence-corrected chi connectivity index (χ4v) is 3.22. The van der Waals surface area contributed by atoms with E-state index < -0.39 is 35.5 Å². The summed E-state index contributed by atoms with van der Waals surface area (Å²) in [6.07, 6.45) is -0.0519. The number of hydrogen-bond donors (Lipinski definition) is 1. The molecule has 5 nitrogen and oxygen atoms in total. The van der Waals surface area contributed by atoms with Gasteiger partial charge in [-0.15, -0.1) is 0 Å². The second-order valence-electron chi connectivity index (χ2n) is 11.1. The number of carbonyl (C=O) groups excluding carboxylic acids is 1. The molecular weight excluding hydrogens is 367 g/mol. The first-order valence-corrected chi connectivity index (χ1v) is 10.3. The van der Waals surface area contributed by atoms with Crippen molar-refractivity contribution < 1.29 is 23.9 Å². The number of rotatable bonds is 4. The van der Waals surface area contributed by atoms with Gasteiger partial charge in [-0.25, -0.2) is 4.79 Å². The van der Waals surface area contributed by atoms with Crippen LogP contribution < -0.4 is 0 Å². The van der Waals surface area contributed by atoms with E-state index in [9.17, 15) is 9.90 Å². The molecule has 0 aliphatic carbocycles. The average molecular weight is 404 g/mol. The molecule has 1 aromatic carbocycles. The number of benzene rings is 1. The number of esters is 1. The summed E-state index contributed by atoms with van der Waals surface area (Å²) in [4.78, 5) is 13.1. The summed E-state index contributed by atoms with van der Waals surface area (Å²) >= 11 is 0. The molecule has 0 aromatic heterocycles. The molecule has 1 aliphatic rings. The summed E-state index contributed by atoms with van der Waals surface area (Å²) in [6.45, 7) is 19.5. The molecule has 0 bridgehead atoms. The minimum Gasteiger partial charge on any atom is -0.458 e. The number of aliphatic hydroxyl groups is 1. The van der Waals surface area contributed by atoms with Crippen molar-refractivity contribution in [1.82, 2.24) is 0 Å². The van der Waals surface area contributed by atoms with E-state index in [0.717, 1.165) is 5.56 Å². The molecule has 1 fully saturated rings. The van der Waals surface area contributed by atoms with Crippen molar-refractivity contribution in [3.8, 4) is 0 Å². The van der Waals surface area contributed by atoms with Crippen LogP contribution >= 0.6 is 0 Å². The molecule has 0 unspecified atom stereocenters. The van der Waals surface area contributed by atoms with Gasteiger partial charge in [-0.3, -0.25) is 0 Å². The molecule has 162 valence electrons. The lowest BCUT2D eigenvalue weighted by Crippen LogP contribution is -2.44. The van der Waals surface area contributed by atoms with Crippen LogP contribution in [0.1, 0.15) is 80.4 Å². The van der Waals surface area contributed by atoms with E-state index >= 15 is 0 Å². The Labute approximate surface area is 176 Å². The van der Waals surface area contributed by atoms with Crippen molar-refractivity contribution in [3.05, 3.63) is 35.4 Å². The molecule has 1 aromatic rings. The lowest BCUT2D eigenvalue weighted by atomic mass is 9.71. The predicted octanol–water partition coefficient (Wildman–Crippen LogP) is 4.61. The zero-order valence-corrected chi connectivity index (χ0v) is 19.7. The van der Waals surface area contributed by atoms with Gasteiger partial charge in [0.2, 0.25) is 0 Å². The molecule has 1 N–H and O–H groups in total. The van der Waals surface area contributed by atoms with Gasteiger partial charge in [-0.05, 0) is 65.0 Å². The van der Waals surface area contributed by atoms with E-state index in [-0.39, 0.29) is 11.7 Å². The van der Waals surface area contributed by atoms with E-state index in [4.69, 9.17) is 14.0 Å². The molecule has 0 radical (unpaired) electrons. The molecule has 0 saturated carbocycles. The van der Waals surface area contributed by atoms with Crippen molar-refractivity contribution >= 4 is 13.1 Å². The topological polar surface area (TPSA) is 65.0 Å². The van der Waals surface area contributed by atoms with Crippen molar-refractivity contribution in [3.63, 3.8) is 0 Å². The highest BCUT2D eigenvalue weighted by atomic mass is 16.7. The van der Waals surface area contributed by atoms with Gasteiger partial charge < -0.3 is 19.2 Å². The first-order valence-electron chi connectivity index (χ1n) is 10.3. The van der Waals surface area contributed by atoms with Crippen molar-refractivity contribution in [2.24, 2.45) is 0 Å². The first kappa shape index (κ1) is 23.9. The van der Waals surface area contributed by atoms with Gasteiger partial charge in [0.05, 0.1) is 11.2 Å². The van der Waals surface area contributed by atoms with Crippen molar-refractivity contribution in [1.29, 1.82) is 0 Å². The molecule has 1 heterocycles. The Morgan fingerprint density at radius 2 is 1.34 bits per heavy atom. The Hall–Kier alpha value is -1.37. The van der Waals surface area contributed by atoms with Gasteiger partial charge in [0.25, 0.3) is 0 Å². The molecule has 1 atom stereocenters. The van der Waals surface area contributed by atoms with Crippen LogP contribution in [-0.2, 0) is 29.9 Å². The van der Waals surface area contributed by atoms with Crippen LogP contribution in [0.4, 0.5) is 0 Å². The smallest absolute Gasteiger partial charge is 0.458 e. The molecule has 2 rings (SSSR count). The highest BCUT2D eigenvalue weighted by Crippen LogP contribution is 2.41. The molecule has 0 amide bonds. The maximum Gasteiger partial charge on any atom is 0.461 e. The third kappa shape index (κ3) is 5.22. The average Bonchev–Trinajstić information content (AvgIpc) is 2.71. The Balaban J connectivity index is 2.41. The standard InChI is InChI=1S/C23H37BO5/c1-19(2,3)16-11-13-17(14-12-16)23(26,18(25)27-20(4,5)6)15-24-28-21(7,8)22(9,10)29-24/h11-14,26H,15H2,1-10H3/t23-/m1/s1. The lowest BCUT2D eigenvalue weighted by molar-refractivity contribution is -0.177. The minimum atomic E-state index is -1.88. The minimum absolute atomic E-state index is 0.0334. The van der Waals surface area contributed by atoms with E-state index in [2.05, 4.69) is 20.8 Å². The Morgan fingerprint density at radius 3 is 1.72 bits per heavy atom. The van der Waals surface area contributed by atoms with Gasteiger partial charge in [0.1, 0.15) is 5.60 Å². The zero-order chi connectivity index (χ0) is 22.5. The summed E-state index contributed by atoms with van der Waals surface area (Å²) in [7, 11) is -0.736. The maximum atomic E-state index is 13.1. The highest BCUT2D eigenvalue weighted by Gasteiger charge is 2.55. The Bertz CT molecular complexity index is 724. The number of ether oxygens (including phenoxy) is 1. The summed E-state index contributed by atoms with van der Waals surface area (Å²) in [6, 6.07) is 7.45. The van der Waals surface area contributed by atoms with Crippen LogP contribution in [0.2, 0.25) is 6.32 Å². The second-order valence-corrected chi connectivity index (χ2v) is 11.1. The summed E-state index contributed by atoms with van der Waals surface area (Å²) in [5, 5.41) is 11.6. The van der Waals surface area contributed by atoms with Crippen LogP contribution in [0.25, 0.3) is 0 Å². The first-order chi connectivity index (χ1) is 12.9. The van der Waals surface area contributed by atoms with E-state index in [1.165, 1.54) is 0 Å². The fourth-order valence-electron chi connectivity index (χ4n) is 3.22. The number of hydrogen-bond acceptors (Lipinski definition) is 5. The SMILES string of the molecule is CC(C)(C)OC(=O)[C@@](O)(CB1OC(C)(C)C(C)(C)O1)c1ccc(C(C)(C)C)cc1. The zero-order valence-electron chi connectivity index (χ0n) is 19.7. The molecule has 0 spiro atoms. The largest absolute Gasteiger partial charge is 0.461 e. The monoisotopic (exact) mass is 404 g/mol. The molecular formula is C23H37BO5. The summed E-state index contributed by atoms with van der Waals surface area (Å²) in [5.41, 5.74) is -2.17. The molecule has 29 heavy (non-hydrogen) atoms. The van der Waals surface area contributed by atoms with Gasteiger partial charge in [0, 0.05) is 6.32 Å². The van der Waals surface area contributed by atoms with Crippen LogP contribution in [0.3, 0.4) is 0 Å². The van der Waals surface area contributed by atoms with E-state index in [1.54, 1.807) is 32.9 Å². The van der Waals surface area contributed by atoms with Crippen molar-refractivity contribution in [2.45, 2.75) is 103 Å². The maximum absolute atomic E-state index is 13.1. The fraction of sp³-hybridized carbons (Fsp3) is 0.696. The normalized spacial score (nSPS) is 21.0. The van der Waals surface area contributed by atoms with Crippen LogP contribution in [0.15, 0.2) is 24.3 Å². The third-order valence-electron chi connectivity index (χ3n) is 5.73. The summed E-state index contributed by atoms with van der Waals surface area (Å²) in [5.74, 6) is -0.705.